The van der Waals surface area contributed by atoms with Crippen molar-refractivity contribution in [3.05, 3.63) is 34.6 Å². The maximum absolute atomic E-state index is 13.8. The zero-order valence-corrected chi connectivity index (χ0v) is 12.9. The number of hydrogen-bond acceptors (Lipinski definition) is 1. The highest BCUT2D eigenvalue weighted by molar-refractivity contribution is 6.33. The first-order chi connectivity index (χ1) is 9.47. The molecule has 0 aliphatic heterocycles. The highest BCUT2D eigenvalue weighted by atomic mass is 35.5. The van der Waals surface area contributed by atoms with Gasteiger partial charge in [0.1, 0.15) is 5.82 Å². The van der Waals surface area contributed by atoms with Crippen LogP contribution < -0.4 is 5.32 Å². The number of rotatable bonds is 3. The van der Waals surface area contributed by atoms with E-state index in [1.807, 2.05) is 0 Å². The Balaban J connectivity index is 2.18. The SMILES string of the molecule is CC1CCC(CCl)(NC(=O)c2c(F)cccc2Cl)CC1. The van der Waals surface area contributed by atoms with E-state index in [4.69, 9.17) is 23.2 Å². The Hall–Kier alpha value is -0.800. The summed E-state index contributed by atoms with van der Waals surface area (Å²) < 4.78 is 13.8. The summed E-state index contributed by atoms with van der Waals surface area (Å²) in [6.45, 7) is 2.19. The largest absolute Gasteiger partial charge is 0.345 e. The van der Waals surface area contributed by atoms with Gasteiger partial charge in [-0.05, 0) is 43.7 Å². The molecule has 20 heavy (non-hydrogen) atoms. The van der Waals surface area contributed by atoms with Crippen LogP contribution in [0.3, 0.4) is 0 Å². The van der Waals surface area contributed by atoms with Crippen molar-refractivity contribution >= 4 is 29.1 Å². The lowest BCUT2D eigenvalue weighted by molar-refractivity contribution is 0.0868. The lowest BCUT2D eigenvalue weighted by atomic mass is 9.78. The Labute approximate surface area is 128 Å². The molecular weight excluding hydrogens is 300 g/mol. The molecular formula is C15H18Cl2FNO. The molecule has 1 aliphatic rings. The fraction of sp³-hybridized carbons (Fsp3) is 0.533. The van der Waals surface area contributed by atoms with E-state index in [-0.39, 0.29) is 10.6 Å². The highest BCUT2D eigenvalue weighted by Crippen LogP contribution is 2.33. The van der Waals surface area contributed by atoms with E-state index in [9.17, 15) is 9.18 Å². The standard InChI is InChI=1S/C15H18Cl2FNO/c1-10-5-7-15(9-16,8-6-10)19-14(20)13-11(17)3-2-4-12(13)18/h2-4,10H,5-9H2,1H3,(H,19,20). The molecule has 0 heterocycles. The zero-order valence-electron chi connectivity index (χ0n) is 11.4. The minimum absolute atomic E-state index is 0.0997. The topological polar surface area (TPSA) is 29.1 Å². The normalized spacial score (nSPS) is 26.3. The van der Waals surface area contributed by atoms with Gasteiger partial charge >= 0.3 is 0 Å². The van der Waals surface area contributed by atoms with Gasteiger partial charge in [0.25, 0.3) is 5.91 Å². The summed E-state index contributed by atoms with van der Waals surface area (Å²) in [6.07, 6.45) is 3.65. The molecule has 0 saturated heterocycles. The van der Waals surface area contributed by atoms with Crippen molar-refractivity contribution in [1.29, 1.82) is 0 Å². The maximum Gasteiger partial charge on any atom is 0.256 e. The monoisotopic (exact) mass is 317 g/mol. The molecule has 0 atom stereocenters. The predicted molar refractivity (Wildman–Crippen MR) is 80.0 cm³/mol. The molecule has 0 bridgehead atoms. The first-order valence-corrected chi connectivity index (χ1v) is 7.71. The van der Waals surface area contributed by atoms with Crippen LogP contribution in [-0.4, -0.2) is 17.3 Å². The molecule has 5 heteroatoms. The Morgan fingerprint density at radius 3 is 2.65 bits per heavy atom. The van der Waals surface area contributed by atoms with Gasteiger partial charge in [0.05, 0.1) is 16.1 Å². The summed E-state index contributed by atoms with van der Waals surface area (Å²) >= 11 is 12.0. The minimum atomic E-state index is -0.608. The molecule has 1 amide bonds. The highest BCUT2D eigenvalue weighted by Gasteiger charge is 2.35. The Morgan fingerprint density at radius 2 is 2.10 bits per heavy atom. The molecule has 0 radical (unpaired) electrons. The van der Waals surface area contributed by atoms with Crippen LogP contribution in [0.25, 0.3) is 0 Å². The second kappa shape index (κ2) is 6.31. The van der Waals surface area contributed by atoms with E-state index in [0.717, 1.165) is 25.7 Å². The van der Waals surface area contributed by atoms with E-state index in [1.54, 1.807) is 0 Å². The summed E-state index contributed by atoms with van der Waals surface area (Å²) in [4.78, 5) is 12.3. The molecule has 1 N–H and O–H groups in total. The molecule has 1 aliphatic carbocycles. The number of halogens is 3. The van der Waals surface area contributed by atoms with Crippen LogP contribution in [0.1, 0.15) is 43.0 Å². The van der Waals surface area contributed by atoms with E-state index in [1.165, 1.54) is 18.2 Å². The van der Waals surface area contributed by atoms with Gasteiger partial charge in [-0.15, -0.1) is 11.6 Å². The molecule has 1 fully saturated rings. The van der Waals surface area contributed by atoms with Crippen molar-refractivity contribution in [3.8, 4) is 0 Å². The van der Waals surface area contributed by atoms with E-state index in [0.29, 0.717) is 11.8 Å². The van der Waals surface area contributed by atoms with Crippen LogP contribution >= 0.6 is 23.2 Å². The van der Waals surface area contributed by atoms with Crippen molar-refractivity contribution in [1.82, 2.24) is 5.32 Å². The summed E-state index contributed by atoms with van der Waals surface area (Å²) in [7, 11) is 0. The number of carbonyl (C=O) groups excluding carboxylic acids is 1. The third-order valence-electron chi connectivity index (χ3n) is 4.06. The molecule has 0 unspecified atom stereocenters. The third kappa shape index (κ3) is 3.26. The molecule has 1 saturated carbocycles. The smallest absolute Gasteiger partial charge is 0.256 e. The second-order valence-electron chi connectivity index (χ2n) is 5.65. The van der Waals surface area contributed by atoms with Gasteiger partial charge in [-0.2, -0.15) is 0 Å². The van der Waals surface area contributed by atoms with Crippen LogP contribution in [0.15, 0.2) is 18.2 Å². The van der Waals surface area contributed by atoms with Gasteiger partial charge in [0, 0.05) is 5.88 Å². The summed E-state index contributed by atoms with van der Waals surface area (Å²) in [6, 6.07) is 4.22. The molecule has 2 nitrogen and oxygen atoms in total. The van der Waals surface area contributed by atoms with Crippen LogP contribution in [0.4, 0.5) is 4.39 Å². The van der Waals surface area contributed by atoms with Crippen molar-refractivity contribution in [2.75, 3.05) is 5.88 Å². The van der Waals surface area contributed by atoms with Crippen LogP contribution in [-0.2, 0) is 0 Å². The summed E-state index contributed by atoms with van der Waals surface area (Å²) in [5.74, 6) is -0.121. The van der Waals surface area contributed by atoms with Crippen molar-refractivity contribution in [3.63, 3.8) is 0 Å². The second-order valence-corrected chi connectivity index (χ2v) is 6.32. The number of amides is 1. The predicted octanol–water partition coefficient (Wildman–Crippen LogP) is 4.40. The number of alkyl halides is 1. The van der Waals surface area contributed by atoms with Crippen molar-refractivity contribution in [2.24, 2.45) is 5.92 Å². The fourth-order valence-corrected chi connectivity index (χ4v) is 3.21. The molecule has 0 aromatic heterocycles. The average molecular weight is 318 g/mol. The Kier molecular flexibility index (Phi) is 4.92. The third-order valence-corrected chi connectivity index (χ3v) is 4.88. The van der Waals surface area contributed by atoms with Crippen LogP contribution in [0, 0.1) is 11.7 Å². The Morgan fingerprint density at radius 1 is 1.45 bits per heavy atom. The zero-order chi connectivity index (χ0) is 14.8. The summed E-state index contributed by atoms with van der Waals surface area (Å²) in [5, 5.41) is 3.03. The molecule has 0 spiro atoms. The minimum Gasteiger partial charge on any atom is -0.345 e. The van der Waals surface area contributed by atoms with Crippen LogP contribution in [0.2, 0.25) is 5.02 Å². The first kappa shape index (κ1) is 15.6. The van der Waals surface area contributed by atoms with E-state index >= 15 is 0 Å². The van der Waals surface area contributed by atoms with Crippen molar-refractivity contribution in [2.45, 2.75) is 38.1 Å². The summed E-state index contributed by atoms with van der Waals surface area (Å²) in [5.41, 5.74) is -0.547. The maximum atomic E-state index is 13.8. The number of hydrogen-bond donors (Lipinski definition) is 1. The number of benzene rings is 1. The fourth-order valence-electron chi connectivity index (χ4n) is 2.62. The molecule has 110 valence electrons. The molecule has 1 aromatic carbocycles. The quantitative estimate of drug-likeness (QED) is 0.823. The van der Waals surface area contributed by atoms with Crippen molar-refractivity contribution < 1.29 is 9.18 Å². The van der Waals surface area contributed by atoms with E-state index in [2.05, 4.69) is 12.2 Å². The average Bonchev–Trinajstić information content (AvgIpc) is 2.41. The van der Waals surface area contributed by atoms with Gasteiger partial charge < -0.3 is 5.32 Å². The van der Waals surface area contributed by atoms with E-state index < -0.39 is 17.3 Å². The first-order valence-electron chi connectivity index (χ1n) is 6.80. The molecule has 1 aromatic rings. The van der Waals surface area contributed by atoms with Gasteiger partial charge in [0.2, 0.25) is 0 Å². The van der Waals surface area contributed by atoms with Gasteiger partial charge in [-0.3, -0.25) is 4.79 Å². The molecule has 2 rings (SSSR count). The Bertz CT molecular complexity index is 478. The van der Waals surface area contributed by atoms with Gasteiger partial charge in [0.15, 0.2) is 0 Å². The van der Waals surface area contributed by atoms with Gasteiger partial charge in [-0.25, -0.2) is 4.39 Å². The lowest BCUT2D eigenvalue weighted by Gasteiger charge is -2.38. The number of carbonyl (C=O) groups is 1. The van der Waals surface area contributed by atoms with Gasteiger partial charge in [-0.1, -0.05) is 24.6 Å². The number of nitrogens with one attached hydrogen (secondary N) is 1. The van der Waals surface area contributed by atoms with Crippen LogP contribution in [0.5, 0.6) is 0 Å². The lowest BCUT2D eigenvalue weighted by Crippen LogP contribution is -2.52.